The fourth-order valence-electron chi connectivity index (χ4n) is 3.42. The van der Waals surface area contributed by atoms with Gasteiger partial charge in [-0.05, 0) is 24.3 Å². The third-order valence-electron chi connectivity index (χ3n) is 4.91. The molecule has 5 N–H and O–H groups in total. The molecular weight excluding hydrogens is 567 g/mol. The van der Waals surface area contributed by atoms with Gasteiger partial charge in [0, 0.05) is 75.4 Å². The van der Waals surface area contributed by atoms with Crippen molar-refractivity contribution in [3.63, 3.8) is 0 Å². The van der Waals surface area contributed by atoms with Crippen LogP contribution in [0, 0.1) is 0 Å². The summed E-state index contributed by atoms with van der Waals surface area (Å²) in [6.45, 7) is -1.88. The van der Waals surface area contributed by atoms with Crippen molar-refractivity contribution in [1.82, 2.24) is 19.8 Å². The van der Waals surface area contributed by atoms with Crippen molar-refractivity contribution < 1.29 is 70.7 Å². The number of aromatic hydroxyl groups is 1. The van der Waals surface area contributed by atoms with Crippen LogP contribution in [-0.4, -0.2) is 105 Å². The Morgan fingerprint density at radius 3 is 1.77 bits per heavy atom. The van der Waals surface area contributed by atoms with Crippen LogP contribution in [0.3, 0.4) is 0 Å². The Bertz CT molecular complexity index is 1270. The number of benzene rings is 1. The Balaban J connectivity index is 0.000000381. The summed E-state index contributed by atoms with van der Waals surface area (Å²) in [4.78, 5) is 63.2. The third-order valence-corrected chi connectivity index (χ3v) is 4.91. The van der Waals surface area contributed by atoms with Crippen molar-refractivity contribution in [2.24, 2.45) is 0 Å². The van der Waals surface area contributed by atoms with Gasteiger partial charge >= 0.3 is 11.9 Å². The summed E-state index contributed by atoms with van der Waals surface area (Å²) in [5.74, 6) is -4.35. The van der Waals surface area contributed by atoms with Crippen LogP contribution < -0.4 is 14.9 Å². The number of carboxylic acid groups (broad SMARTS) is 2. The van der Waals surface area contributed by atoms with E-state index in [2.05, 4.69) is 9.97 Å². The van der Waals surface area contributed by atoms with Crippen LogP contribution in [0.5, 0.6) is 11.5 Å². The molecule has 0 radical (unpaired) electrons. The molecule has 212 valence electrons. The summed E-state index contributed by atoms with van der Waals surface area (Å²) in [6.07, 6.45) is 3.04. The topological polar surface area (TPSA) is 239 Å². The molecule has 2 heterocycles. The van der Waals surface area contributed by atoms with Gasteiger partial charge in [0.1, 0.15) is 22.5 Å². The monoisotopic (exact) mass is 590 g/mol. The molecule has 3 rings (SSSR count). The molecule has 0 fully saturated rings. The van der Waals surface area contributed by atoms with E-state index < -0.39 is 50.1 Å². The molecule has 0 aliphatic carbocycles. The van der Waals surface area contributed by atoms with Crippen LogP contribution in [0.2, 0.25) is 0 Å². The fourth-order valence-corrected chi connectivity index (χ4v) is 3.42. The number of hydrogen-bond donors (Lipinski definition) is 1. The molecule has 0 atom stereocenters. The largest absolute Gasteiger partial charge is 0.564 e. The number of carbonyl (C=O) groups is 5. The molecule has 0 spiro atoms. The van der Waals surface area contributed by atoms with E-state index in [0.29, 0.717) is 34.0 Å². The van der Waals surface area contributed by atoms with E-state index in [1.807, 2.05) is 0 Å². The molecule has 16 heteroatoms. The Morgan fingerprint density at radius 2 is 1.28 bits per heavy atom. The Hall–Kier alpha value is -4.40. The smallest absolute Gasteiger partial charge is 0.530 e. The second kappa shape index (κ2) is 15.8. The molecule has 39 heavy (non-hydrogen) atoms. The van der Waals surface area contributed by atoms with Gasteiger partial charge in [-0.15, -0.1) is 0 Å². The van der Waals surface area contributed by atoms with Crippen molar-refractivity contribution >= 4 is 52.2 Å². The molecular formula is C23H24N4NiO11. The third kappa shape index (κ3) is 10.5. The van der Waals surface area contributed by atoms with Gasteiger partial charge in [0.25, 0.3) is 6.47 Å². The molecule has 3 aromatic rings. The van der Waals surface area contributed by atoms with Crippen LogP contribution in [0.25, 0.3) is 21.8 Å². The molecule has 2 aromatic heterocycles. The molecule has 0 saturated carbocycles. The summed E-state index contributed by atoms with van der Waals surface area (Å²) < 4.78 is 4.89. The minimum atomic E-state index is -1.48. The van der Waals surface area contributed by atoms with Crippen LogP contribution in [-0.2, 0) is 40.5 Å². The molecule has 0 aliphatic rings. The van der Waals surface area contributed by atoms with Gasteiger partial charge in [0.2, 0.25) is 0 Å². The number of carbonyl (C=O) groups excluding carboxylic acids is 5. The number of carboxylic acids is 2. The molecule has 0 amide bonds. The molecule has 1 aromatic carbocycles. The second-order valence-electron chi connectivity index (χ2n) is 7.72. The SMILES string of the molecule is O=C([O-])CN(CCN(CC(=O)[OH2+])CC(=O)[OH2+])CC(=O)[O-].O=COc1ccnc2c1ccc1c(O)ccnc12.[Ni]. The number of fused-ring (bicyclic) bond motifs is 3. The van der Waals surface area contributed by atoms with E-state index in [4.69, 9.17) is 14.9 Å². The summed E-state index contributed by atoms with van der Waals surface area (Å²) >= 11 is 0. The summed E-state index contributed by atoms with van der Waals surface area (Å²) in [5, 5.41) is 45.5. The average molecular weight is 591 g/mol. The average Bonchev–Trinajstić information content (AvgIpc) is 2.82. The Labute approximate surface area is 230 Å². The molecule has 0 unspecified atom stereocenters. The van der Waals surface area contributed by atoms with Crippen LogP contribution in [0.1, 0.15) is 0 Å². The fraction of sp³-hybridized carbons (Fsp3) is 0.261. The number of nitrogens with zero attached hydrogens (tertiary/aromatic N) is 4. The van der Waals surface area contributed by atoms with E-state index in [9.17, 15) is 39.3 Å². The quantitative estimate of drug-likeness (QED) is 0.0856. The van der Waals surface area contributed by atoms with Crippen LogP contribution in [0.15, 0.2) is 36.7 Å². The van der Waals surface area contributed by atoms with Crippen LogP contribution >= 0.6 is 0 Å². The van der Waals surface area contributed by atoms with E-state index in [-0.39, 0.29) is 35.3 Å². The Morgan fingerprint density at radius 1 is 0.821 bits per heavy atom. The van der Waals surface area contributed by atoms with Crippen molar-refractivity contribution in [3.8, 4) is 11.5 Å². The molecule has 0 saturated heterocycles. The second-order valence-corrected chi connectivity index (χ2v) is 7.72. The zero-order valence-corrected chi connectivity index (χ0v) is 21.1. The maximum absolute atomic E-state index is 10.7. The zero-order chi connectivity index (χ0) is 28.2. The number of aliphatic carboxylic acids is 2. The van der Waals surface area contributed by atoms with Gasteiger partial charge in [-0.25, -0.2) is 0 Å². The first kappa shape index (κ1) is 32.6. The Kier molecular flexibility index (Phi) is 13.2. The minimum absolute atomic E-state index is 0. The van der Waals surface area contributed by atoms with Gasteiger partial charge in [0.05, 0.1) is 11.9 Å². The van der Waals surface area contributed by atoms with E-state index in [1.165, 1.54) is 18.5 Å². The number of pyridine rings is 2. The van der Waals surface area contributed by atoms with E-state index in [1.54, 1.807) is 18.2 Å². The summed E-state index contributed by atoms with van der Waals surface area (Å²) in [6, 6.07) is 6.58. The number of hydrogen-bond acceptors (Lipinski definition) is 13. The molecule has 15 nitrogen and oxygen atoms in total. The normalized spacial score (nSPS) is 10.4. The number of ether oxygens (including phenoxy) is 1. The van der Waals surface area contributed by atoms with E-state index >= 15 is 0 Å². The summed E-state index contributed by atoms with van der Waals surface area (Å²) in [7, 11) is 0. The van der Waals surface area contributed by atoms with E-state index in [0.717, 1.165) is 9.80 Å². The minimum Gasteiger partial charge on any atom is -0.564 e. The maximum atomic E-state index is 10.7. The van der Waals surface area contributed by atoms with Gasteiger partial charge in [-0.3, -0.25) is 24.6 Å². The standard InChI is InChI=1S/C13H8N2O3.C10H16N2O8.Ni/c16-7-18-11-4-6-15-13-9(11)2-1-8-10(17)3-5-14-12(8)13;13-7(14)3-11(4-8(15)16)1-2-12(5-9(17)18)6-10(19)20;/h1-7H,(H,14,17);1-6H2,(H,13,14)(H,15,16)(H,17,18)(H,19,20);. The van der Waals surface area contributed by atoms with Crippen molar-refractivity contribution in [3.05, 3.63) is 36.7 Å². The zero-order valence-electron chi connectivity index (χ0n) is 20.1. The first-order valence-corrected chi connectivity index (χ1v) is 10.8. The summed E-state index contributed by atoms with van der Waals surface area (Å²) in [5.41, 5.74) is 1.16. The van der Waals surface area contributed by atoms with Gasteiger partial charge in [0.15, 0.2) is 13.1 Å². The van der Waals surface area contributed by atoms with Gasteiger partial charge in [-0.2, -0.15) is 0 Å². The predicted octanol–water partition coefficient (Wildman–Crippen LogP) is -4.39. The first-order valence-electron chi connectivity index (χ1n) is 10.8. The molecule has 0 bridgehead atoms. The van der Waals surface area contributed by atoms with Crippen molar-refractivity contribution in [2.45, 2.75) is 0 Å². The maximum Gasteiger partial charge on any atom is 0.530 e. The molecule has 0 aliphatic heterocycles. The van der Waals surface area contributed by atoms with Crippen molar-refractivity contribution in [1.29, 1.82) is 0 Å². The van der Waals surface area contributed by atoms with Gasteiger partial charge < -0.3 is 39.9 Å². The van der Waals surface area contributed by atoms with Crippen LogP contribution in [0.4, 0.5) is 0 Å². The first-order chi connectivity index (χ1) is 18.0. The number of aromatic nitrogens is 2. The van der Waals surface area contributed by atoms with Gasteiger partial charge in [-0.1, -0.05) is 0 Å². The predicted molar refractivity (Wildman–Crippen MR) is 126 cm³/mol. The number of rotatable bonds is 13. The van der Waals surface area contributed by atoms with Crippen molar-refractivity contribution in [2.75, 3.05) is 39.3 Å².